The van der Waals surface area contributed by atoms with Gasteiger partial charge >= 0.3 is 6.09 Å². The molecule has 0 bridgehead atoms. The van der Waals surface area contributed by atoms with Crippen molar-refractivity contribution in [3.05, 3.63) is 18.7 Å². The van der Waals surface area contributed by atoms with E-state index in [0.717, 1.165) is 12.8 Å². The molecule has 6 heteroatoms. The Morgan fingerprint density at radius 1 is 1.38 bits per heavy atom. The minimum atomic E-state index is -0.471. The van der Waals surface area contributed by atoms with E-state index in [1.165, 1.54) is 0 Å². The molecule has 0 radical (unpaired) electrons. The van der Waals surface area contributed by atoms with E-state index in [9.17, 15) is 9.90 Å². The molecule has 1 N–H and O–H groups in total. The van der Waals surface area contributed by atoms with Gasteiger partial charge in [-0.15, -0.1) is 0 Å². The molecule has 0 atom stereocenters. The van der Waals surface area contributed by atoms with Gasteiger partial charge in [-0.2, -0.15) is 0 Å². The first kappa shape index (κ1) is 15.8. The molecule has 1 aromatic rings. The van der Waals surface area contributed by atoms with E-state index < -0.39 is 5.60 Å². The quantitative estimate of drug-likeness (QED) is 0.926. The first-order valence-corrected chi connectivity index (χ1v) is 7.44. The smallest absolute Gasteiger partial charge is 0.410 e. The van der Waals surface area contributed by atoms with Gasteiger partial charge in [0.2, 0.25) is 0 Å². The van der Waals surface area contributed by atoms with Crippen LogP contribution in [0.3, 0.4) is 0 Å². The minimum absolute atomic E-state index is 0.130. The van der Waals surface area contributed by atoms with Crippen molar-refractivity contribution in [1.82, 2.24) is 14.5 Å². The molecule has 0 spiro atoms. The third-order valence-corrected chi connectivity index (χ3v) is 3.98. The number of amides is 1. The molecule has 0 saturated carbocycles. The van der Waals surface area contributed by atoms with Gasteiger partial charge in [0, 0.05) is 32.1 Å². The van der Waals surface area contributed by atoms with Crippen LogP contribution in [-0.2, 0) is 10.3 Å². The third-order valence-electron chi connectivity index (χ3n) is 3.98. The number of likely N-dealkylation sites (tertiary alicyclic amines) is 1. The summed E-state index contributed by atoms with van der Waals surface area (Å²) < 4.78 is 7.48. The Labute approximate surface area is 125 Å². The summed E-state index contributed by atoms with van der Waals surface area (Å²) in [5.41, 5.74) is -0.620. The molecule has 1 aliphatic heterocycles. The molecule has 2 heterocycles. The number of aromatic nitrogens is 2. The average Bonchev–Trinajstić information content (AvgIpc) is 2.92. The Morgan fingerprint density at radius 3 is 2.52 bits per heavy atom. The van der Waals surface area contributed by atoms with Crippen molar-refractivity contribution in [3.63, 3.8) is 0 Å². The van der Waals surface area contributed by atoms with E-state index in [4.69, 9.17) is 4.74 Å². The van der Waals surface area contributed by atoms with E-state index in [2.05, 4.69) is 9.55 Å². The molecule has 0 aliphatic carbocycles. The van der Waals surface area contributed by atoms with Crippen LogP contribution in [0.15, 0.2) is 18.7 Å². The summed E-state index contributed by atoms with van der Waals surface area (Å²) >= 11 is 0. The molecule has 0 unspecified atom stereocenters. The Balaban J connectivity index is 2.02. The van der Waals surface area contributed by atoms with Crippen LogP contribution in [0.5, 0.6) is 0 Å². The van der Waals surface area contributed by atoms with Gasteiger partial charge < -0.3 is 19.3 Å². The van der Waals surface area contributed by atoms with Gasteiger partial charge in [-0.1, -0.05) is 0 Å². The highest BCUT2D eigenvalue weighted by molar-refractivity contribution is 5.68. The highest BCUT2D eigenvalue weighted by Gasteiger charge is 2.37. The fourth-order valence-corrected chi connectivity index (χ4v) is 2.82. The van der Waals surface area contributed by atoms with Gasteiger partial charge in [0.25, 0.3) is 0 Å². The number of hydrogen-bond acceptors (Lipinski definition) is 4. The summed E-state index contributed by atoms with van der Waals surface area (Å²) in [6, 6.07) is 0. The Morgan fingerprint density at radius 2 is 2.05 bits per heavy atom. The number of carbonyl (C=O) groups is 1. The van der Waals surface area contributed by atoms with Crippen LogP contribution in [0, 0.1) is 0 Å². The monoisotopic (exact) mass is 295 g/mol. The van der Waals surface area contributed by atoms with Gasteiger partial charge in [-0.25, -0.2) is 9.78 Å². The predicted octanol–water partition coefficient (Wildman–Crippen LogP) is 1.99. The molecule has 1 amide bonds. The van der Waals surface area contributed by atoms with Gasteiger partial charge in [0.1, 0.15) is 5.60 Å². The largest absolute Gasteiger partial charge is 0.444 e. The van der Waals surface area contributed by atoms with Gasteiger partial charge in [-0.05, 0) is 40.0 Å². The zero-order chi connectivity index (χ0) is 15.5. The van der Waals surface area contributed by atoms with Crippen LogP contribution in [0.1, 0.15) is 40.0 Å². The zero-order valence-electron chi connectivity index (χ0n) is 13.1. The maximum absolute atomic E-state index is 12.1. The van der Waals surface area contributed by atoms with Gasteiger partial charge in [-0.3, -0.25) is 0 Å². The summed E-state index contributed by atoms with van der Waals surface area (Å²) in [5.74, 6) is 0. The molecular weight excluding hydrogens is 270 g/mol. The lowest BCUT2D eigenvalue weighted by Crippen LogP contribution is -2.49. The maximum atomic E-state index is 12.1. The van der Waals surface area contributed by atoms with E-state index in [1.54, 1.807) is 17.4 Å². The van der Waals surface area contributed by atoms with Crippen molar-refractivity contribution >= 4 is 6.09 Å². The molecule has 1 aromatic heterocycles. The second-order valence-electron chi connectivity index (χ2n) is 6.64. The van der Waals surface area contributed by atoms with Crippen LogP contribution in [0.4, 0.5) is 4.79 Å². The van der Waals surface area contributed by atoms with Crippen LogP contribution >= 0.6 is 0 Å². The van der Waals surface area contributed by atoms with Crippen molar-refractivity contribution in [2.24, 2.45) is 0 Å². The number of piperidine rings is 1. The molecule has 21 heavy (non-hydrogen) atoms. The average molecular weight is 295 g/mol. The SMILES string of the molecule is CC(C)(C)OC(=O)N1CCC(CCO)(n2ccnc2)CC1. The minimum Gasteiger partial charge on any atom is -0.444 e. The number of ether oxygens (including phenoxy) is 1. The zero-order valence-corrected chi connectivity index (χ0v) is 13.1. The standard InChI is InChI=1S/C15H25N3O3/c1-14(2,3)21-13(20)17-8-4-15(5-9-17,6-11-19)18-10-7-16-12-18/h7,10,12,19H,4-6,8-9,11H2,1-3H3. The molecule has 118 valence electrons. The number of nitrogens with zero attached hydrogens (tertiary/aromatic N) is 3. The topological polar surface area (TPSA) is 67.6 Å². The molecular formula is C15H25N3O3. The first-order chi connectivity index (χ1) is 9.86. The summed E-state index contributed by atoms with van der Waals surface area (Å²) in [7, 11) is 0. The first-order valence-electron chi connectivity index (χ1n) is 7.44. The van der Waals surface area contributed by atoms with Crippen molar-refractivity contribution in [1.29, 1.82) is 0 Å². The second-order valence-corrected chi connectivity index (χ2v) is 6.64. The van der Waals surface area contributed by atoms with Crippen LogP contribution in [-0.4, -0.2) is 50.9 Å². The number of rotatable bonds is 3. The molecule has 6 nitrogen and oxygen atoms in total. The molecule has 1 aliphatic rings. The van der Waals surface area contributed by atoms with Crippen LogP contribution in [0.25, 0.3) is 0 Å². The fourth-order valence-electron chi connectivity index (χ4n) is 2.82. The second kappa shape index (κ2) is 6.05. The molecule has 1 saturated heterocycles. The molecule has 2 rings (SSSR count). The highest BCUT2D eigenvalue weighted by atomic mass is 16.6. The number of aliphatic hydroxyl groups excluding tert-OH is 1. The maximum Gasteiger partial charge on any atom is 0.410 e. The van der Waals surface area contributed by atoms with Crippen molar-refractivity contribution in [2.45, 2.75) is 51.2 Å². The number of hydrogen-bond donors (Lipinski definition) is 1. The summed E-state index contributed by atoms with van der Waals surface area (Å²) in [4.78, 5) is 18.0. The van der Waals surface area contributed by atoms with E-state index in [1.807, 2.05) is 27.0 Å². The van der Waals surface area contributed by atoms with Crippen molar-refractivity contribution in [3.8, 4) is 0 Å². The predicted molar refractivity (Wildman–Crippen MR) is 78.9 cm³/mol. The van der Waals surface area contributed by atoms with Crippen molar-refractivity contribution in [2.75, 3.05) is 19.7 Å². The third kappa shape index (κ3) is 3.75. The number of imidazole rings is 1. The number of aliphatic hydroxyl groups is 1. The van der Waals surface area contributed by atoms with Gasteiger partial charge in [0.15, 0.2) is 0 Å². The van der Waals surface area contributed by atoms with Crippen molar-refractivity contribution < 1.29 is 14.6 Å². The summed E-state index contributed by atoms with van der Waals surface area (Å²) in [6.45, 7) is 7.01. The fraction of sp³-hybridized carbons (Fsp3) is 0.733. The lowest BCUT2D eigenvalue weighted by molar-refractivity contribution is 0.00862. The summed E-state index contributed by atoms with van der Waals surface area (Å²) in [5, 5.41) is 9.37. The van der Waals surface area contributed by atoms with Crippen LogP contribution < -0.4 is 0 Å². The Kier molecular flexibility index (Phi) is 4.56. The summed E-state index contributed by atoms with van der Waals surface area (Å²) in [6.07, 6.45) is 7.47. The van der Waals surface area contributed by atoms with E-state index >= 15 is 0 Å². The number of carbonyl (C=O) groups excluding carboxylic acids is 1. The van der Waals surface area contributed by atoms with Crippen LogP contribution in [0.2, 0.25) is 0 Å². The molecule has 1 fully saturated rings. The Hall–Kier alpha value is -1.56. The van der Waals surface area contributed by atoms with E-state index in [-0.39, 0.29) is 18.2 Å². The normalized spacial score (nSPS) is 18.6. The van der Waals surface area contributed by atoms with Gasteiger partial charge in [0.05, 0.1) is 11.9 Å². The molecule has 0 aromatic carbocycles. The highest BCUT2D eigenvalue weighted by Crippen LogP contribution is 2.33. The Bertz CT molecular complexity index is 457. The lowest BCUT2D eigenvalue weighted by atomic mass is 9.84. The lowest BCUT2D eigenvalue weighted by Gasteiger charge is -2.42. The van der Waals surface area contributed by atoms with E-state index in [0.29, 0.717) is 19.5 Å².